The molecule has 0 atom stereocenters. The summed E-state index contributed by atoms with van der Waals surface area (Å²) in [5.41, 5.74) is 5.81. The molecular weight excluding hydrogens is 432 g/mol. The zero-order valence-corrected chi connectivity index (χ0v) is 18.2. The lowest BCUT2D eigenvalue weighted by Crippen LogP contribution is -2.19. The Balaban J connectivity index is 1.41. The molecule has 0 spiro atoms. The van der Waals surface area contributed by atoms with Gasteiger partial charge in [-0.3, -0.25) is 4.79 Å². The van der Waals surface area contributed by atoms with Crippen molar-refractivity contribution in [2.24, 2.45) is 5.10 Å². The summed E-state index contributed by atoms with van der Waals surface area (Å²) in [7, 11) is 0. The molecular formula is C19H17ClN4OS3. The van der Waals surface area contributed by atoms with Gasteiger partial charge >= 0.3 is 0 Å². The molecule has 9 heteroatoms. The smallest absolute Gasteiger partial charge is 0.250 e. The normalized spacial score (nSPS) is 11.1. The van der Waals surface area contributed by atoms with Gasteiger partial charge in [-0.2, -0.15) is 5.10 Å². The van der Waals surface area contributed by atoms with Gasteiger partial charge in [0.2, 0.25) is 0 Å². The summed E-state index contributed by atoms with van der Waals surface area (Å²) in [4.78, 5) is 11.9. The van der Waals surface area contributed by atoms with Gasteiger partial charge in [0.1, 0.15) is 0 Å². The van der Waals surface area contributed by atoms with Crippen LogP contribution in [-0.4, -0.2) is 28.1 Å². The largest absolute Gasteiger partial charge is 0.272 e. The molecule has 0 fully saturated rings. The molecule has 0 unspecified atom stereocenters. The molecule has 1 heterocycles. The molecule has 5 nitrogen and oxygen atoms in total. The van der Waals surface area contributed by atoms with E-state index in [4.69, 9.17) is 11.6 Å². The van der Waals surface area contributed by atoms with E-state index in [1.807, 2.05) is 12.1 Å². The Hall–Kier alpha value is -1.87. The third-order valence-corrected chi connectivity index (χ3v) is 6.95. The molecule has 0 aliphatic rings. The highest BCUT2D eigenvalue weighted by atomic mass is 35.5. The number of amides is 1. The highest BCUT2D eigenvalue weighted by Crippen LogP contribution is 2.30. The molecule has 28 heavy (non-hydrogen) atoms. The fraction of sp³-hybridized carbons (Fsp3) is 0.158. The average Bonchev–Trinajstić information content (AvgIpc) is 3.14. The SMILES string of the molecule is Cc1ccc(CSc2nnc(SCC(=O)N/N=C\c3cccc(Cl)c3)s2)cc1. The Bertz CT molecular complexity index is 960. The van der Waals surface area contributed by atoms with Crippen molar-refractivity contribution in [3.8, 4) is 0 Å². The molecule has 3 aromatic rings. The van der Waals surface area contributed by atoms with E-state index in [1.165, 1.54) is 34.2 Å². The minimum absolute atomic E-state index is 0.202. The number of nitrogens with one attached hydrogen (secondary N) is 1. The second kappa shape index (κ2) is 10.6. The van der Waals surface area contributed by atoms with Crippen LogP contribution < -0.4 is 5.43 Å². The topological polar surface area (TPSA) is 67.2 Å². The van der Waals surface area contributed by atoms with E-state index in [2.05, 4.69) is 51.9 Å². The molecule has 144 valence electrons. The maximum atomic E-state index is 11.9. The molecule has 3 rings (SSSR count). The summed E-state index contributed by atoms with van der Waals surface area (Å²) in [5.74, 6) is 0.870. The number of nitrogens with zero attached hydrogens (tertiary/aromatic N) is 3. The van der Waals surface area contributed by atoms with Crippen LogP contribution in [0, 0.1) is 6.92 Å². The number of benzene rings is 2. The lowest BCUT2D eigenvalue weighted by atomic mass is 10.2. The van der Waals surface area contributed by atoms with Gasteiger partial charge in [0.15, 0.2) is 8.68 Å². The van der Waals surface area contributed by atoms with E-state index < -0.39 is 0 Å². The molecule has 2 aromatic carbocycles. The Morgan fingerprint density at radius 3 is 2.68 bits per heavy atom. The van der Waals surface area contributed by atoms with Gasteiger partial charge in [0.05, 0.1) is 12.0 Å². The number of hydrogen-bond donors (Lipinski definition) is 1. The van der Waals surface area contributed by atoms with Gasteiger partial charge in [-0.1, -0.05) is 88.4 Å². The van der Waals surface area contributed by atoms with E-state index in [9.17, 15) is 4.79 Å². The third kappa shape index (κ3) is 6.94. The molecule has 1 amide bonds. The predicted molar refractivity (Wildman–Crippen MR) is 119 cm³/mol. The zero-order chi connectivity index (χ0) is 19.8. The first kappa shape index (κ1) is 20.9. The van der Waals surface area contributed by atoms with Crippen molar-refractivity contribution in [2.45, 2.75) is 21.4 Å². The standard InChI is InChI=1S/C19H17ClN4OS3/c1-13-5-7-14(8-6-13)11-26-18-23-24-19(28-18)27-12-17(25)22-21-10-15-3-2-4-16(20)9-15/h2-10H,11-12H2,1H3,(H,22,25)/b21-10-. The molecule has 0 saturated carbocycles. The lowest BCUT2D eigenvalue weighted by Gasteiger charge is -1.99. The van der Waals surface area contributed by atoms with Gasteiger partial charge in [-0.15, -0.1) is 10.2 Å². The summed E-state index contributed by atoms with van der Waals surface area (Å²) in [6.07, 6.45) is 1.55. The summed E-state index contributed by atoms with van der Waals surface area (Å²) in [6, 6.07) is 15.7. The molecule has 0 bridgehead atoms. The van der Waals surface area contributed by atoms with Crippen LogP contribution in [0.25, 0.3) is 0 Å². The number of halogens is 1. The van der Waals surface area contributed by atoms with Gasteiger partial charge in [-0.25, -0.2) is 5.43 Å². The minimum atomic E-state index is -0.202. The van der Waals surface area contributed by atoms with Crippen molar-refractivity contribution in [1.29, 1.82) is 0 Å². The molecule has 0 aliphatic carbocycles. The zero-order valence-electron chi connectivity index (χ0n) is 15.0. The summed E-state index contributed by atoms with van der Waals surface area (Å²) in [5, 5.41) is 12.9. The molecule has 1 N–H and O–H groups in total. The molecule has 0 aliphatic heterocycles. The Kier molecular flexibility index (Phi) is 7.90. The first-order chi connectivity index (χ1) is 13.6. The summed E-state index contributed by atoms with van der Waals surface area (Å²) in [6.45, 7) is 2.07. The number of hydrazone groups is 1. The van der Waals surface area contributed by atoms with E-state index in [0.29, 0.717) is 5.02 Å². The minimum Gasteiger partial charge on any atom is -0.272 e. The highest BCUT2D eigenvalue weighted by Gasteiger charge is 2.08. The van der Waals surface area contributed by atoms with Gasteiger partial charge in [0, 0.05) is 10.8 Å². The van der Waals surface area contributed by atoms with Gasteiger partial charge in [0.25, 0.3) is 5.91 Å². The van der Waals surface area contributed by atoms with Gasteiger partial charge in [-0.05, 0) is 30.2 Å². The van der Waals surface area contributed by atoms with Crippen LogP contribution >= 0.6 is 46.5 Å². The fourth-order valence-electron chi connectivity index (χ4n) is 2.07. The quantitative estimate of drug-likeness (QED) is 0.297. The molecule has 0 radical (unpaired) electrons. The van der Waals surface area contributed by atoms with Crippen LogP contribution in [0.3, 0.4) is 0 Å². The highest BCUT2D eigenvalue weighted by molar-refractivity contribution is 8.03. The van der Waals surface area contributed by atoms with E-state index in [1.54, 1.807) is 30.1 Å². The average molecular weight is 449 g/mol. The van der Waals surface area contributed by atoms with Crippen LogP contribution in [0.2, 0.25) is 5.02 Å². The van der Waals surface area contributed by atoms with E-state index in [0.717, 1.165) is 20.0 Å². The summed E-state index contributed by atoms with van der Waals surface area (Å²) < 4.78 is 1.66. The monoisotopic (exact) mass is 448 g/mol. The van der Waals surface area contributed by atoms with Crippen molar-refractivity contribution in [3.63, 3.8) is 0 Å². The Morgan fingerprint density at radius 1 is 1.18 bits per heavy atom. The number of rotatable bonds is 8. The molecule has 0 saturated heterocycles. The first-order valence-corrected chi connectivity index (χ1v) is 11.5. The number of carbonyl (C=O) groups is 1. The second-order valence-electron chi connectivity index (χ2n) is 5.75. The number of aromatic nitrogens is 2. The maximum Gasteiger partial charge on any atom is 0.250 e. The first-order valence-electron chi connectivity index (χ1n) is 8.30. The molecule has 1 aromatic heterocycles. The van der Waals surface area contributed by atoms with E-state index >= 15 is 0 Å². The van der Waals surface area contributed by atoms with Crippen LogP contribution in [-0.2, 0) is 10.5 Å². The van der Waals surface area contributed by atoms with Crippen molar-refractivity contribution < 1.29 is 4.79 Å². The van der Waals surface area contributed by atoms with Gasteiger partial charge < -0.3 is 0 Å². The summed E-state index contributed by atoms with van der Waals surface area (Å²) >= 11 is 10.4. The maximum absolute atomic E-state index is 11.9. The lowest BCUT2D eigenvalue weighted by molar-refractivity contribution is -0.118. The number of thioether (sulfide) groups is 2. The van der Waals surface area contributed by atoms with Crippen LogP contribution in [0.4, 0.5) is 0 Å². The van der Waals surface area contributed by atoms with Crippen molar-refractivity contribution >= 4 is 58.6 Å². The number of carbonyl (C=O) groups excluding carboxylic acids is 1. The second-order valence-corrected chi connectivity index (χ2v) is 9.60. The van der Waals surface area contributed by atoms with Crippen LogP contribution in [0.15, 0.2) is 62.3 Å². The Morgan fingerprint density at radius 2 is 1.93 bits per heavy atom. The van der Waals surface area contributed by atoms with Crippen molar-refractivity contribution in [1.82, 2.24) is 15.6 Å². The Labute approximate surface area is 181 Å². The fourth-order valence-corrected chi connectivity index (χ4v) is 5.04. The van der Waals surface area contributed by atoms with Crippen molar-refractivity contribution in [3.05, 3.63) is 70.2 Å². The van der Waals surface area contributed by atoms with E-state index in [-0.39, 0.29) is 11.7 Å². The number of aryl methyl sites for hydroxylation is 1. The van der Waals surface area contributed by atoms with Crippen molar-refractivity contribution in [2.75, 3.05) is 5.75 Å². The predicted octanol–water partition coefficient (Wildman–Crippen LogP) is 5.03. The van der Waals surface area contributed by atoms with Crippen LogP contribution in [0.5, 0.6) is 0 Å². The third-order valence-electron chi connectivity index (χ3n) is 3.45. The number of hydrogen-bond acceptors (Lipinski definition) is 7. The van der Waals surface area contributed by atoms with Crippen LogP contribution in [0.1, 0.15) is 16.7 Å².